The zero-order valence-electron chi connectivity index (χ0n) is 13.4. The molecule has 0 bridgehead atoms. The lowest BCUT2D eigenvalue weighted by Crippen LogP contribution is -2.50. The van der Waals surface area contributed by atoms with Crippen molar-refractivity contribution in [2.45, 2.75) is 64.6 Å². The molecule has 1 N–H and O–H groups in total. The summed E-state index contributed by atoms with van der Waals surface area (Å²) in [6.07, 6.45) is 3.38. The smallest absolute Gasteiger partial charge is 0.126 e. The van der Waals surface area contributed by atoms with E-state index in [9.17, 15) is 9.50 Å². The Bertz CT molecular complexity index is 460. The highest BCUT2D eigenvalue weighted by Crippen LogP contribution is 2.44. The lowest BCUT2D eigenvalue weighted by atomic mass is 9.68. The Morgan fingerprint density at radius 2 is 1.81 bits per heavy atom. The minimum Gasteiger partial charge on any atom is -0.390 e. The molecule has 1 aliphatic carbocycles. The molecule has 1 fully saturated rings. The summed E-state index contributed by atoms with van der Waals surface area (Å²) in [6, 6.07) is 6.67. The molecule has 0 aliphatic heterocycles. The summed E-state index contributed by atoms with van der Waals surface area (Å²) in [6.45, 7) is 7.05. The highest BCUT2D eigenvalue weighted by Gasteiger charge is 2.44. The molecule has 0 amide bonds. The second-order valence-electron chi connectivity index (χ2n) is 6.97. The van der Waals surface area contributed by atoms with Crippen molar-refractivity contribution in [3.63, 3.8) is 0 Å². The van der Waals surface area contributed by atoms with Gasteiger partial charge in [0, 0.05) is 13.0 Å². The van der Waals surface area contributed by atoms with Gasteiger partial charge in [-0.1, -0.05) is 32.0 Å². The monoisotopic (exact) mass is 294 g/mol. The van der Waals surface area contributed by atoms with E-state index in [1.165, 1.54) is 6.07 Å². The number of benzene rings is 1. The third kappa shape index (κ3) is 3.83. The fraction of sp³-hybridized carbons (Fsp3) is 0.667. The van der Waals surface area contributed by atoms with Gasteiger partial charge in [-0.25, -0.2) is 4.39 Å². The first-order chi connectivity index (χ1) is 9.88. The summed E-state index contributed by atoms with van der Waals surface area (Å²) in [5, 5.41) is 10.7. The standard InChI is InChI=1S/C18H27FO2/c1-4-21-18(11-9-17(2,3)10-12-18)16(20)13-14-7-5-6-8-15(14)19/h5-8,16,20H,4,9-13H2,1-3H3. The minimum atomic E-state index is -0.662. The van der Waals surface area contributed by atoms with Gasteiger partial charge in [0.25, 0.3) is 0 Å². The molecule has 2 nitrogen and oxygen atoms in total. The zero-order chi connectivity index (χ0) is 15.5. The van der Waals surface area contributed by atoms with Crippen LogP contribution >= 0.6 is 0 Å². The Labute approximate surface area is 127 Å². The molecule has 1 saturated carbocycles. The Hall–Kier alpha value is -0.930. The second-order valence-corrected chi connectivity index (χ2v) is 6.97. The summed E-state index contributed by atoms with van der Waals surface area (Å²) < 4.78 is 19.8. The average molecular weight is 294 g/mol. The van der Waals surface area contributed by atoms with Crippen molar-refractivity contribution in [1.29, 1.82) is 0 Å². The quantitative estimate of drug-likeness (QED) is 0.885. The Kier molecular flexibility index (Phi) is 5.05. The first-order valence-corrected chi connectivity index (χ1v) is 7.94. The van der Waals surface area contributed by atoms with Crippen LogP contribution in [0.3, 0.4) is 0 Å². The molecule has 118 valence electrons. The van der Waals surface area contributed by atoms with Crippen LogP contribution in [-0.4, -0.2) is 23.4 Å². The van der Waals surface area contributed by atoms with Crippen molar-refractivity contribution in [1.82, 2.24) is 0 Å². The van der Waals surface area contributed by atoms with Crippen molar-refractivity contribution in [2.24, 2.45) is 5.41 Å². The lowest BCUT2D eigenvalue weighted by molar-refractivity contribution is -0.150. The predicted molar refractivity (Wildman–Crippen MR) is 82.7 cm³/mol. The van der Waals surface area contributed by atoms with E-state index in [2.05, 4.69) is 13.8 Å². The Morgan fingerprint density at radius 1 is 1.19 bits per heavy atom. The first kappa shape index (κ1) is 16.4. The van der Waals surface area contributed by atoms with Crippen molar-refractivity contribution in [2.75, 3.05) is 6.61 Å². The molecule has 3 heteroatoms. The third-order valence-corrected chi connectivity index (χ3v) is 4.86. The van der Waals surface area contributed by atoms with E-state index in [0.29, 0.717) is 24.0 Å². The molecule has 0 radical (unpaired) electrons. The lowest BCUT2D eigenvalue weighted by Gasteiger charge is -2.46. The highest BCUT2D eigenvalue weighted by molar-refractivity contribution is 5.19. The molecule has 1 unspecified atom stereocenters. The molecular formula is C18H27FO2. The van der Waals surface area contributed by atoms with Gasteiger partial charge in [0.05, 0.1) is 11.7 Å². The molecule has 1 aromatic rings. The van der Waals surface area contributed by atoms with E-state index >= 15 is 0 Å². The summed E-state index contributed by atoms with van der Waals surface area (Å²) >= 11 is 0. The number of hydrogen-bond acceptors (Lipinski definition) is 2. The van der Waals surface area contributed by atoms with Gasteiger partial charge < -0.3 is 9.84 Å². The van der Waals surface area contributed by atoms with Crippen molar-refractivity contribution in [3.8, 4) is 0 Å². The van der Waals surface area contributed by atoms with E-state index in [4.69, 9.17) is 4.74 Å². The fourth-order valence-corrected chi connectivity index (χ4v) is 3.27. The number of hydrogen-bond donors (Lipinski definition) is 1. The van der Waals surface area contributed by atoms with E-state index < -0.39 is 11.7 Å². The molecule has 0 saturated heterocycles. The minimum absolute atomic E-state index is 0.251. The average Bonchev–Trinajstić information content (AvgIpc) is 2.44. The SMILES string of the molecule is CCOC1(C(O)Cc2ccccc2F)CCC(C)(C)CC1. The van der Waals surface area contributed by atoms with Crippen LogP contribution in [0.4, 0.5) is 4.39 Å². The van der Waals surface area contributed by atoms with Gasteiger partial charge in [-0.3, -0.25) is 0 Å². The number of aliphatic hydroxyl groups excluding tert-OH is 1. The number of ether oxygens (including phenoxy) is 1. The van der Waals surface area contributed by atoms with E-state index in [0.717, 1.165) is 25.7 Å². The van der Waals surface area contributed by atoms with Crippen molar-refractivity contribution in [3.05, 3.63) is 35.6 Å². The maximum absolute atomic E-state index is 13.8. The number of rotatable bonds is 5. The van der Waals surface area contributed by atoms with Crippen LogP contribution in [0.1, 0.15) is 52.0 Å². The fourth-order valence-electron chi connectivity index (χ4n) is 3.27. The Balaban J connectivity index is 2.13. The largest absolute Gasteiger partial charge is 0.390 e. The second kappa shape index (κ2) is 6.45. The van der Waals surface area contributed by atoms with Crippen molar-refractivity contribution >= 4 is 0 Å². The molecular weight excluding hydrogens is 267 g/mol. The molecule has 1 aliphatic rings. The van der Waals surface area contributed by atoms with Gasteiger partial charge in [-0.2, -0.15) is 0 Å². The summed E-state index contributed by atoms with van der Waals surface area (Å²) in [7, 11) is 0. The summed E-state index contributed by atoms with van der Waals surface area (Å²) in [4.78, 5) is 0. The van der Waals surface area contributed by atoms with Gasteiger partial charge in [-0.15, -0.1) is 0 Å². The van der Waals surface area contributed by atoms with Gasteiger partial charge >= 0.3 is 0 Å². The van der Waals surface area contributed by atoms with Crippen LogP contribution in [0.25, 0.3) is 0 Å². The molecule has 0 heterocycles. The van der Waals surface area contributed by atoms with Gasteiger partial charge in [0.15, 0.2) is 0 Å². The maximum Gasteiger partial charge on any atom is 0.126 e. The van der Waals surface area contributed by atoms with Crippen LogP contribution in [-0.2, 0) is 11.2 Å². The van der Waals surface area contributed by atoms with Crippen LogP contribution in [0, 0.1) is 11.2 Å². The first-order valence-electron chi connectivity index (χ1n) is 7.94. The predicted octanol–water partition coefficient (Wildman–Crippen LogP) is 4.10. The molecule has 1 atom stereocenters. The van der Waals surface area contributed by atoms with E-state index in [1.807, 2.05) is 13.0 Å². The zero-order valence-corrected chi connectivity index (χ0v) is 13.4. The Morgan fingerprint density at radius 3 is 2.38 bits per heavy atom. The van der Waals surface area contributed by atoms with Gasteiger partial charge in [-0.05, 0) is 49.7 Å². The number of aliphatic hydroxyl groups is 1. The van der Waals surface area contributed by atoms with Crippen LogP contribution in [0.15, 0.2) is 24.3 Å². The third-order valence-electron chi connectivity index (χ3n) is 4.86. The van der Waals surface area contributed by atoms with Crippen molar-refractivity contribution < 1.29 is 14.2 Å². The van der Waals surface area contributed by atoms with Crippen LogP contribution < -0.4 is 0 Å². The van der Waals surface area contributed by atoms with Crippen LogP contribution in [0.2, 0.25) is 0 Å². The van der Waals surface area contributed by atoms with Gasteiger partial charge in [0.1, 0.15) is 5.82 Å². The molecule has 21 heavy (non-hydrogen) atoms. The molecule has 0 aromatic heterocycles. The number of halogens is 1. The molecule has 0 spiro atoms. The summed E-state index contributed by atoms with van der Waals surface area (Å²) in [5.74, 6) is -0.251. The van der Waals surface area contributed by atoms with E-state index in [1.54, 1.807) is 12.1 Å². The normalized spacial score (nSPS) is 22.0. The summed E-state index contributed by atoms with van der Waals surface area (Å²) in [5.41, 5.74) is 0.346. The van der Waals surface area contributed by atoms with Crippen LogP contribution in [0.5, 0.6) is 0 Å². The molecule has 1 aromatic carbocycles. The van der Waals surface area contributed by atoms with Gasteiger partial charge in [0.2, 0.25) is 0 Å². The van der Waals surface area contributed by atoms with E-state index in [-0.39, 0.29) is 5.82 Å². The molecule has 2 rings (SSSR count). The highest BCUT2D eigenvalue weighted by atomic mass is 19.1. The topological polar surface area (TPSA) is 29.5 Å². The maximum atomic E-state index is 13.8.